The molecule has 2 N–H and O–H groups in total. The second kappa shape index (κ2) is 5.77. The fourth-order valence-electron chi connectivity index (χ4n) is 2.96. The van der Waals surface area contributed by atoms with Gasteiger partial charge in [0.05, 0.1) is 6.10 Å². The van der Waals surface area contributed by atoms with Crippen molar-refractivity contribution >= 4 is 0 Å². The SMILES string of the molecule is OC(CN1CCCC1c1ccc[nH]1)c1ccc(F)cc1. The van der Waals surface area contributed by atoms with Gasteiger partial charge in [0.2, 0.25) is 0 Å². The van der Waals surface area contributed by atoms with E-state index >= 15 is 0 Å². The molecular formula is C16H19FN2O. The molecule has 1 aromatic carbocycles. The second-order valence-corrected chi connectivity index (χ2v) is 5.35. The Kier molecular flexibility index (Phi) is 3.85. The molecule has 106 valence electrons. The van der Waals surface area contributed by atoms with E-state index in [2.05, 4.69) is 16.0 Å². The Morgan fingerprint density at radius 3 is 2.80 bits per heavy atom. The van der Waals surface area contributed by atoms with Crippen molar-refractivity contribution in [2.45, 2.75) is 25.0 Å². The molecule has 3 rings (SSSR count). The summed E-state index contributed by atoms with van der Waals surface area (Å²) in [6.45, 7) is 1.57. The van der Waals surface area contributed by atoms with Gasteiger partial charge in [-0.2, -0.15) is 0 Å². The lowest BCUT2D eigenvalue weighted by Gasteiger charge is -2.26. The molecule has 1 saturated heterocycles. The number of aromatic amines is 1. The summed E-state index contributed by atoms with van der Waals surface area (Å²) in [5.74, 6) is -0.272. The van der Waals surface area contributed by atoms with Crippen molar-refractivity contribution < 1.29 is 9.50 Å². The number of benzene rings is 1. The number of aliphatic hydroxyl groups is 1. The van der Waals surface area contributed by atoms with E-state index in [1.54, 1.807) is 12.1 Å². The van der Waals surface area contributed by atoms with Crippen molar-refractivity contribution in [1.29, 1.82) is 0 Å². The number of nitrogens with one attached hydrogen (secondary N) is 1. The zero-order valence-electron chi connectivity index (χ0n) is 11.3. The molecular weight excluding hydrogens is 255 g/mol. The van der Waals surface area contributed by atoms with Crippen LogP contribution in [0.1, 0.15) is 36.2 Å². The van der Waals surface area contributed by atoms with E-state index in [9.17, 15) is 9.50 Å². The van der Waals surface area contributed by atoms with E-state index < -0.39 is 6.10 Å². The van der Waals surface area contributed by atoms with Gasteiger partial charge in [-0.3, -0.25) is 4.90 Å². The van der Waals surface area contributed by atoms with Crippen molar-refractivity contribution in [2.75, 3.05) is 13.1 Å². The highest BCUT2D eigenvalue weighted by Gasteiger charge is 2.28. The van der Waals surface area contributed by atoms with Gasteiger partial charge in [-0.05, 0) is 49.2 Å². The van der Waals surface area contributed by atoms with Crippen molar-refractivity contribution in [1.82, 2.24) is 9.88 Å². The molecule has 4 heteroatoms. The fraction of sp³-hybridized carbons (Fsp3) is 0.375. The van der Waals surface area contributed by atoms with Gasteiger partial charge in [-0.1, -0.05) is 12.1 Å². The summed E-state index contributed by atoms with van der Waals surface area (Å²) in [4.78, 5) is 5.55. The Labute approximate surface area is 118 Å². The molecule has 0 aliphatic carbocycles. The average molecular weight is 274 g/mol. The summed E-state index contributed by atoms with van der Waals surface area (Å²) < 4.78 is 12.9. The van der Waals surface area contributed by atoms with Gasteiger partial charge in [-0.25, -0.2) is 4.39 Å². The average Bonchev–Trinajstić information content (AvgIpc) is 3.09. The predicted octanol–water partition coefficient (Wildman–Crippen LogP) is 3.02. The number of halogens is 1. The van der Waals surface area contributed by atoms with Gasteiger partial charge < -0.3 is 10.1 Å². The maximum atomic E-state index is 12.9. The molecule has 1 aliphatic rings. The van der Waals surface area contributed by atoms with Crippen LogP contribution in [0.2, 0.25) is 0 Å². The normalized spacial score (nSPS) is 21.2. The zero-order valence-corrected chi connectivity index (χ0v) is 11.3. The molecule has 3 nitrogen and oxygen atoms in total. The molecule has 20 heavy (non-hydrogen) atoms. The maximum absolute atomic E-state index is 12.9. The number of rotatable bonds is 4. The van der Waals surface area contributed by atoms with Crippen LogP contribution in [-0.4, -0.2) is 28.1 Å². The number of β-amino-alcohol motifs (C(OH)–C–C–N with tert-alkyl or cyclic N) is 1. The topological polar surface area (TPSA) is 39.3 Å². The van der Waals surface area contributed by atoms with Gasteiger partial charge >= 0.3 is 0 Å². The highest BCUT2D eigenvalue weighted by molar-refractivity contribution is 5.19. The van der Waals surface area contributed by atoms with Crippen molar-refractivity contribution in [2.24, 2.45) is 0 Å². The molecule has 1 fully saturated rings. The van der Waals surface area contributed by atoms with Crippen LogP contribution in [0, 0.1) is 5.82 Å². The fourth-order valence-corrected chi connectivity index (χ4v) is 2.96. The summed E-state index contributed by atoms with van der Waals surface area (Å²) in [6, 6.07) is 10.5. The third kappa shape index (κ3) is 2.76. The van der Waals surface area contributed by atoms with Crippen LogP contribution >= 0.6 is 0 Å². The van der Waals surface area contributed by atoms with Gasteiger partial charge in [0, 0.05) is 24.5 Å². The van der Waals surface area contributed by atoms with E-state index in [1.807, 2.05) is 12.3 Å². The van der Waals surface area contributed by atoms with Crippen LogP contribution in [0.3, 0.4) is 0 Å². The van der Waals surface area contributed by atoms with Crippen LogP contribution in [-0.2, 0) is 0 Å². The van der Waals surface area contributed by atoms with E-state index in [4.69, 9.17) is 0 Å². The first-order valence-electron chi connectivity index (χ1n) is 7.05. The molecule has 0 spiro atoms. The number of aliphatic hydroxyl groups excluding tert-OH is 1. The molecule has 2 aromatic rings. The molecule has 1 aromatic heterocycles. The van der Waals surface area contributed by atoms with Crippen LogP contribution in [0.15, 0.2) is 42.6 Å². The number of likely N-dealkylation sites (tertiary alicyclic amines) is 1. The number of nitrogens with zero attached hydrogens (tertiary/aromatic N) is 1. The van der Waals surface area contributed by atoms with Crippen molar-refractivity contribution in [3.8, 4) is 0 Å². The first kappa shape index (κ1) is 13.3. The summed E-state index contributed by atoms with van der Waals surface area (Å²) >= 11 is 0. The maximum Gasteiger partial charge on any atom is 0.123 e. The van der Waals surface area contributed by atoms with Crippen molar-refractivity contribution in [3.63, 3.8) is 0 Å². The molecule has 0 radical (unpaired) electrons. The molecule has 0 bridgehead atoms. The Bertz CT molecular complexity index is 538. The predicted molar refractivity (Wildman–Crippen MR) is 75.7 cm³/mol. The van der Waals surface area contributed by atoms with Gasteiger partial charge in [0.25, 0.3) is 0 Å². The van der Waals surface area contributed by atoms with Crippen LogP contribution < -0.4 is 0 Å². The number of aromatic nitrogens is 1. The van der Waals surface area contributed by atoms with E-state index in [-0.39, 0.29) is 5.82 Å². The minimum atomic E-state index is -0.578. The summed E-state index contributed by atoms with van der Waals surface area (Å²) in [7, 11) is 0. The lowest BCUT2D eigenvalue weighted by Crippen LogP contribution is -2.28. The first-order valence-corrected chi connectivity index (χ1v) is 7.05. The molecule has 2 unspecified atom stereocenters. The van der Waals surface area contributed by atoms with Gasteiger partial charge in [0.1, 0.15) is 5.82 Å². The lowest BCUT2D eigenvalue weighted by atomic mass is 10.1. The Morgan fingerprint density at radius 2 is 2.10 bits per heavy atom. The summed E-state index contributed by atoms with van der Waals surface area (Å²) in [5.41, 5.74) is 1.97. The Balaban J connectivity index is 1.68. The number of hydrogen-bond donors (Lipinski definition) is 2. The zero-order chi connectivity index (χ0) is 13.9. The molecule has 1 aliphatic heterocycles. The minimum absolute atomic E-state index is 0.272. The monoisotopic (exact) mass is 274 g/mol. The first-order chi connectivity index (χ1) is 9.74. The molecule has 2 atom stereocenters. The van der Waals surface area contributed by atoms with Crippen LogP contribution in [0.25, 0.3) is 0 Å². The number of H-pyrrole nitrogens is 1. The van der Waals surface area contributed by atoms with Gasteiger partial charge in [-0.15, -0.1) is 0 Å². The van der Waals surface area contributed by atoms with E-state index in [0.29, 0.717) is 12.6 Å². The largest absolute Gasteiger partial charge is 0.387 e. The van der Waals surface area contributed by atoms with E-state index in [0.717, 1.165) is 24.9 Å². The highest BCUT2D eigenvalue weighted by atomic mass is 19.1. The summed E-state index contributed by atoms with van der Waals surface area (Å²) in [5, 5.41) is 10.3. The van der Waals surface area contributed by atoms with Crippen molar-refractivity contribution in [3.05, 3.63) is 59.7 Å². The standard InChI is InChI=1S/C16H19FN2O/c17-13-7-5-12(6-8-13)16(20)11-19-10-2-4-15(19)14-3-1-9-18-14/h1,3,5-9,15-16,18,20H,2,4,10-11H2. The van der Waals surface area contributed by atoms with Crippen LogP contribution in [0.5, 0.6) is 0 Å². The second-order valence-electron chi connectivity index (χ2n) is 5.35. The van der Waals surface area contributed by atoms with Crippen LogP contribution in [0.4, 0.5) is 4.39 Å². The Hall–Kier alpha value is -1.65. The molecule has 2 heterocycles. The molecule has 0 amide bonds. The lowest BCUT2D eigenvalue weighted by molar-refractivity contribution is 0.105. The summed E-state index contributed by atoms with van der Waals surface area (Å²) in [6.07, 6.45) is 3.60. The third-order valence-corrected chi connectivity index (χ3v) is 4.01. The molecule has 0 saturated carbocycles. The smallest absolute Gasteiger partial charge is 0.123 e. The minimum Gasteiger partial charge on any atom is -0.387 e. The highest BCUT2D eigenvalue weighted by Crippen LogP contribution is 2.32. The van der Waals surface area contributed by atoms with Gasteiger partial charge in [0.15, 0.2) is 0 Å². The third-order valence-electron chi connectivity index (χ3n) is 4.01. The quantitative estimate of drug-likeness (QED) is 0.899. The Morgan fingerprint density at radius 1 is 1.30 bits per heavy atom. The van der Waals surface area contributed by atoms with E-state index in [1.165, 1.54) is 17.8 Å². The number of hydrogen-bond acceptors (Lipinski definition) is 2.